The number of aromatic nitrogens is 2. The Labute approximate surface area is 182 Å². The van der Waals surface area contributed by atoms with Gasteiger partial charge in [0, 0.05) is 6.92 Å². The van der Waals surface area contributed by atoms with Gasteiger partial charge in [0.25, 0.3) is 0 Å². The highest BCUT2D eigenvalue weighted by Gasteiger charge is 2.52. The Balaban J connectivity index is 2.97. The summed E-state index contributed by atoms with van der Waals surface area (Å²) in [4.78, 5) is 15.4. The van der Waals surface area contributed by atoms with E-state index < -0.39 is 66.5 Å². The highest BCUT2D eigenvalue weighted by molar-refractivity contribution is 7.92. The summed E-state index contributed by atoms with van der Waals surface area (Å²) in [5.41, 5.74) is -8.34. The van der Waals surface area contributed by atoms with Crippen molar-refractivity contribution in [1.29, 1.82) is 5.26 Å². The fourth-order valence-electron chi connectivity index (χ4n) is 2.38. The SMILES string of the molecule is CON(C(C)=O)c1c([S+]([O-])C(F)(F)F)c(C#N)nn1-c1c(Cl)cc(C(F)(F)F)cc1Cl. The van der Waals surface area contributed by atoms with Crippen LogP contribution in [0.4, 0.5) is 32.2 Å². The molecule has 1 heterocycles. The molecule has 31 heavy (non-hydrogen) atoms. The molecular weight excluding hydrogens is 501 g/mol. The van der Waals surface area contributed by atoms with Crippen LogP contribution in [0.1, 0.15) is 18.2 Å². The van der Waals surface area contributed by atoms with Crippen LogP contribution in [0.5, 0.6) is 0 Å². The summed E-state index contributed by atoms with van der Waals surface area (Å²) < 4.78 is 91.0. The topological polar surface area (TPSA) is 94.2 Å². The van der Waals surface area contributed by atoms with Gasteiger partial charge in [-0.25, -0.2) is 4.68 Å². The van der Waals surface area contributed by atoms with Crippen LogP contribution in [0.2, 0.25) is 10.0 Å². The average molecular weight is 509 g/mol. The number of nitrogens with zero attached hydrogens (tertiary/aromatic N) is 4. The van der Waals surface area contributed by atoms with Gasteiger partial charge in [-0.3, -0.25) is 9.63 Å². The zero-order valence-corrected chi connectivity index (χ0v) is 17.4. The molecule has 0 N–H and O–H groups in total. The van der Waals surface area contributed by atoms with E-state index in [4.69, 9.17) is 28.0 Å². The number of rotatable bonds is 4. The minimum absolute atomic E-state index is 0.205. The molecule has 0 aliphatic carbocycles. The number of hydrogen-bond donors (Lipinski definition) is 0. The van der Waals surface area contributed by atoms with Gasteiger partial charge in [0.05, 0.1) is 22.7 Å². The first-order valence-corrected chi connectivity index (χ1v) is 9.48. The number of halogens is 8. The van der Waals surface area contributed by atoms with E-state index in [1.165, 1.54) is 6.07 Å². The third-order valence-corrected chi connectivity index (χ3v) is 5.28. The summed E-state index contributed by atoms with van der Waals surface area (Å²) in [5.74, 6) is -2.03. The molecule has 1 unspecified atom stereocenters. The molecule has 1 atom stereocenters. The number of hydrogen-bond acceptors (Lipinski definition) is 5. The van der Waals surface area contributed by atoms with Gasteiger partial charge >= 0.3 is 11.7 Å². The van der Waals surface area contributed by atoms with Crippen LogP contribution in [-0.2, 0) is 27.0 Å². The maximum Gasteiger partial charge on any atom is 0.578 e. The molecule has 0 aliphatic rings. The maximum absolute atomic E-state index is 13.2. The van der Waals surface area contributed by atoms with E-state index in [0.29, 0.717) is 16.8 Å². The number of nitriles is 1. The Kier molecular flexibility index (Phi) is 7.08. The van der Waals surface area contributed by atoms with Crippen LogP contribution in [0, 0.1) is 11.3 Å². The molecule has 168 valence electrons. The van der Waals surface area contributed by atoms with Crippen molar-refractivity contribution in [1.82, 2.24) is 9.78 Å². The van der Waals surface area contributed by atoms with Crippen LogP contribution in [0.25, 0.3) is 5.69 Å². The molecule has 0 saturated carbocycles. The van der Waals surface area contributed by atoms with Crippen LogP contribution >= 0.6 is 23.2 Å². The first-order chi connectivity index (χ1) is 14.1. The molecule has 0 fully saturated rings. The first kappa shape index (κ1) is 25.1. The Hall–Kier alpha value is -2.18. The zero-order valence-electron chi connectivity index (χ0n) is 15.1. The van der Waals surface area contributed by atoms with E-state index in [1.54, 1.807) is 0 Å². The van der Waals surface area contributed by atoms with Crippen molar-refractivity contribution in [2.45, 2.75) is 23.5 Å². The maximum atomic E-state index is 13.2. The van der Waals surface area contributed by atoms with Crippen molar-refractivity contribution in [2.75, 3.05) is 12.2 Å². The zero-order chi connectivity index (χ0) is 23.9. The first-order valence-electron chi connectivity index (χ1n) is 7.58. The predicted octanol–water partition coefficient (Wildman–Crippen LogP) is 4.61. The fraction of sp³-hybridized carbons (Fsp3) is 0.267. The third-order valence-electron chi connectivity index (χ3n) is 3.54. The molecule has 2 aromatic rings. The monoisotopic (exact) mass is 508 g/mol. The van der Waals surface area contributed by atoms with E-state index in [2.05, 4.69) is 5.10 Å². The van der Waals surface area contributed by atoms with Gasteiger partial charge in [-0.05, 0) is 12.1 Å². The second kappa shape index (κ2) is 8.75. The molecule has 0 bridgehead atoms. The van der Waals surface area contributed by atoms with Gasteiger partial charge in [-0.2, -0.15) is 23.5 Å². The molecule has 1 aromatic heterocycles. The Morgan fingerprint density at radius 3 is 2.13 bits per heavy atom. The van der Waals surface area contributed by atoms with E-state index in [-0.39, 0.29) is 5.06 Å². The molecule has 7 nitrogen and oxygen atoms in total. The normalized spacial score (nSPS) is 13.1. The minimum Gasteiger partial charge on any atom is -0.604 e. The van der Waals surface area contributed by atoms with E-state index >= 15 is 0 Å². The number of carbonyl (C=O) groups excluding carboxylic acids is 1. The summed E-state index contributed by atoms with van der Waals surface area (Å²) in [6, 6.07) is 2.10. The van der Waals surface area contributed by atoms with Crippen LogP contribution in [0.15, 0.2) is 17.0 Å². The van der Waals surface area contributed by atoms with Crippen LogP contribution in [0.3, 0.4) is 0 Å². The Morgan fingerprint density at radius 1 is 1.26 bits per heavy atom. The van der Waals surface area contributed by atoms with E-state index in [0.717, 1.165) is 14.0 Å². The van der Waals surface area contributed by atoms with Gasteiger partial charge in [-0.15, -0.1) is 18.3 Å². The summed E-state index contributed by atoms with van der Waals surface area (Å²) in [7, 11) is 0.862. The van der Waals surface area contributed by atoms with Gasteiger partial charge < -0.3 is 4.55 Å². The van der Waals surface area contributed by atoms with Crippen molar-refractivity contribution in [2.24, 2.45) is 0 Å². The molecular formula is C15H8Cl2F6N4O3S. The number of carbonyl (C=O) groups is 1. The summed E-state index contributed by atoms with van der Waals surface area (Å²) in [5, 5.41) is 11.5. The molecule has 0 saturated heterocycles. The van der Waals surface area contributed by atoms with Crippen molar-refractivity contribution in [3.05, 3.63) is 33.4 Å². The molecule has 2 rings (SSSR count). The van der Waals surface area contributed by atoms with Gasteiger partial charge in [0.2, 0.25) is 22.3 Å². The number of anilines is 1. The minimum atomic E-state index is -5.39. The average Bonchev–Trinajstić information content (AvgIpc) is 2.98. The van der Waals surface area contributed by atoms with Crippen LogP contribution < -0.4 is 5.06 Å². The highest BCUT2D eigenvalue weighted by Crippen LogP contribution is 2.43. The number of benzene rings is 1. The lowest BCUT2D eigenvalue weighted by molar-refractivity contribution is -0.137. The van der Waals surface area contributed by atoms with Crippen molar-refractivity contribution in [3.63, 3.8) is 0 Å². The second-order valence-electron chi connectivity index (χ2n) is 5.52. The Bertz CT molecular complexity index is 1040. The molecule has 0 spiro atoms. The second-order valence-corrected chi connectivity index (χ2v) is 7.74. The molecule has 16 heteroatoms. The third kappa shape index (κ3) is 4.85. The molecule has 1 amide bonds. The number of amides is 1. The van der Waals surface area contributed by atoms with Crippen molar-refractivity contribution >= 4 is 46.1 Å². The fourth-order valence-corrected chi connectivity index (χ4v) is 3.86. The van der Waals surface area contributed by atoms with Crippen molar-refractivity contribution < 1.29 is 40.5 Å². The van der Waals surface area contributed by atoms with Crippen molar-refractivity contribution in [3.8, 4) is 11.8 Å². The van der Waals surface area contributed by atoms with Gasteiger partial charge in [0.15, 0.2) is 0 Å². The lowest BCUT2D eigenvalue weighted by Crippen LogP contribution is -2.32. The van der Waals surface area contributed by atoms with E-state index in [1.807, 2.05) is 0 Å². The summed E-state index contributed by atoms with van der Waals surface area (Å²) in [6.07, 6.45) is -4.86. The largest absolute Gasteiger partial charge is 0.604 e. The lowest BCUT2D eigenvalue weighted by Gasteiger charge is -2.22. The highest BCUT2D eigenvalue weighted by atomic mass is 35.5. The smallest absolute Gasteiger partial charge is 0.578 e. The number of alkyl halides is 6. The summed E-state index contributed by atoms with van der Waals surface area (Å²) in [6.45, 7) is 0.850. The van der Waals surface area contributed by atoms with Gasteiger partial charge in [-0.1, -0.05) is 23.2 Å². The summed E-state index contributed by atoms with van der Waals surface area (Å²) >= 11 is 7.86. The van der Waals surface area contributed by atoms with Gasteiger partial charge in [0.1, 0.15) is 22.9 Å². The molecule has 0 aliphatic heterocycles. The van der Waals surface area contributed by atoms with Crippen LogP contribution in [-0.4, -0.2) is 32.9 Å². The number of hydroxylamine groups is 1. The lowest BCUT2D eigenvalue weighted by atomic mass is 10.2. The van der Waals surface area contributed by atoms with E-state index in [9.17, 15) is 41.0 Å². The standard InChI is InChI=1S/C15H8Cl2F6N4O3S/c1-6(28)27(30-2)13-12(31(29)15(21,22)23)10(5-24)25-26(13)11-8(16)3-7(4-9(11)17)14(18,19)20/h3-4H,1-2H3. The predicted molar refractivity (Wildman–Crippen MR) is 95.9 cm³/mol. The molecule has 0 radical (unpaired) electrons. The molecule has 1 aromatic carbocycles. The Morgan fingerprint density at radius 2 is 1.77 bits per heavy atom. The quantitative estimate of drug-likeness (QED) is 0.341.